The lowest BCUT2D eigenvalue weighted by Crippen LogP contribution is -2.02. The maximum absolute atomic E-state index is 13.7. The molecule has 0 aliphatic carbocycles. The smallest absolute Gasteiger partial charge is 0.152 e. The van der Waals surface area contributed by atoms with Crippen LogP contribution in [0.1, 0.15) is 5.56 Å². The third-order valence-corrected chi connectivity index (χ3v) is 2.98. The molecule has 0 bridgehead atoms. The second-order valence-corrected chi connectivity index (χ2v) is 4.56. The fourth-order valence-corrected chi connectivity index (χ4v) is 1.73. The van der Waals surface area contributed by atoms with Gasteiger partial charge in [-0.05, 0) is 41.1 Å². The summed E-state index contributed by atoms with van der Waals surface area (Å²) in [5.41, 5.74) is 0.180. The van der Waals surface area contributed by atoms with Crippen LogP contribution in [0.15, 0.2) is 24.7 Å². The van der Waals surface area contributed by atoms with E-state index >= 15 is 0 Å². The van der Waals surface area contributed by atoms with Crippen LogP contribution in [0.5, 0.6) is 0 Å². The number of aryl methyl sites for hydroxylation is 1. The molecule has 0 atom stereocenters. The molecule has 2 rings (SSSR count). The van der Waals surface area contributed by atoms with Gasteiger partial charge in [0.2, 0.25) is 0 Å². The van der Waals surface area contributed by atoms with Crippen molar-refractivity contribution >= 4 is 34.1 Å². The molecule has 0 radical (unpaired) electrons. The molecular formula is C11H8F2IN3. The largest absolute Gasteiger partial charge is 0.334 e. The van der Waals surface area contributed by atoms with E-state index in [4.69, 9.17) is 0 Å². The van der Waals surface area contributed by atoms with Gasteiger partial charge in [0, 0.05) is 6.20 Å². The number of aromatic nitrogens is 2. The highest BCUT2D eigenvalue weighted by molar-refractivity contribution is 14.1. The van der Waals surface area contributed by atoms with E-state index in [1.807, 2.05) is 22.6 Å². The summed E-state index contributed by atoms with van der Waals surface area (Å²) in [6.45, 7) is 1.57. The molecule has 1 aromatic carbocycles. The lowest BCUT2D eigenvalue weighted by Gasteiger charge is -2.10. The normalized spacial score (nSPS) is 10.4. The molecule has 3 nitrogen and oxygen atoms in total. The molecule has 0 fully saturated rings. The van der Waals surface area contributed by atoms with E-state index in [0.717, 1.165) is 0 Å². The highest BCUT2D eigenvalue weighted by atomic mass is 127. The molecule has 0 spiro atoms. The minimum atomic E-state index is -0.650. The molecule has 0 saturated carbocycles. The molecule has 1 N–H and O–H groups in total. The van der Waals surface area contributed by atoms with Crippen molar-refractivity contribution < 1.29 is 8.78 Å². The molecule has 1 heterocycles. The summed E-state index contributed by atoms with van der Waals surface area (Å²) < 4.78 is 27.9. The van der Waals surface area contributed by atoms with Crippen molar-refractivity contribution in [2.45, 2.75) is 6.92 Å². The van der Waals surface area contributed by atoms with E-state index in [2.05, 4.69) is 15.3 Å². The standard InChI is InChI=1S/C11H8F2IN3/c1-6-2-3-7(12)10(9(6)13)17-11-8(14)4-15-5-16-11/h2-5H,1H3,(H,15,16,17). The Morgan fingerprint density at radius 1 is 1.29 bits per heavy atom. The maximum Gasteiger partial charge on any atom is 0.152 e. The minimum Gasteiger partial charge on any atom is -0.334 e. The Balaban J connectivity index is 2.43. The van der Waals surface area contributed by atoms with Crippen molar-refractivity contribution in [1.82, 2.24) is 9.97 Å². The zero-order chi connectivity index (χ0) is 12.4. The fourth-order valence-electron chi connectivity index (χ4n) is 1.29. The summed E-state index contributed by atoms with van der Waals surface area (Å²) in [4.78, 5) is 7.73. The topological polar surface area (TPSA) is 37.8 Å². The first kappa shape index (κ1) is 12.2. The first-order valence-corrected chi connectivity index (χ1v) is 5.84. The van der Waals surface area contributed by atoms with E-state index in [-0.39, 0.29) is 5.69 Å². The summed E-state index contributed by atoms with van der Waals surface area (Å²) in [6, 6.07) is 2.61. The van der Waals surface area contributed by atoms with Gasteiger partial charge in [-0.2, -0.15) is 0 Å². The Morgan fingerprint density at radius 2 is 2.06 bits per heavy atom. The monoisotopic (exact) mass is 347 g/mol. The Labute approximate surface area is 110 Å². The third kappa shape index (κ3) is 2.51. The van der Waals surface area contributed by atoms with Gasteiger partial charge in [0.25, 0.3) is 0 Å². The van der Waals surface area contributed by atoms with Crippen molar-refractivity contribution in [1.29, 1.82) is 0 Å². The quantitative estimate of drug-likeness (QED) is 0.847. The van der Waals surface area contributed by atoms with Crippen LogP contribution in [0, 0.1) is 22.1 Å². The van der Waals surface area contributed by atoms with Crippen molar-refractivity contribution in [2.24, 2.45) is 0 Å². The first-order valence-electron chi connectivity index (χ1n) is 4.76. The SMILES string of the molecule is Cc1ccc(F)c(Nc2ncncc2I)c1F. The molecule has 17 heavy (non-hydrogen) atoms. The van der Waals surface area contributed by atoms with Gasteiger partial charge in [-0.25, -0.2) is 18.7 Å². The van der Waals surface area contributed by atoms with Gasteiger partial charge in [0.05, 0.1) is 3.57 Å². The highest BCUT2D eigenvalue weighted by Gasteiger charge is 2.13. The van der Waals surface area contributed by atoms with Crippen molar-refractivity contribution in [3.05, 3.63) is 45.4 Å². The Bertz CT molecular complexity index is 560. The van der Waals surface area contributed by atoms with Crippen LogP contribution in [0.3, 0.4) is 0 Å². The van der Waals surface area contributed by atoms with Crippen LogP contribution in [0.2, 0.25) is 0 Å². The molecule has 0 saturated heterocycles. The fraction of sp³-hybridized carbons (Fsp3) is 0.0909. The predicted molar refractivity (Wildman–Crippen MR) is 69.1 cm³/mol. The number of rotatable bonds is 2. The number of nitrogens with zero attached hydrogens (tertiary/aromatic N) is 2. The summed E-state index contributed by atoms with van der Waals surface area (Å²) in [7, 11) is 0. The number of anilines is 2. The summed E-state index contributed by atoms with van der Waals surface area (Å²) in [6.07, 6.45) is 2.87. The number of halogens is 3. The Kier molecular flexibility index (Phi) is 3.51. The Hall–Kier alpha value is -1.31. The zero-order valence-electron chi connectivity index (χ0n) is 8.84. The van der Waals surface area contributed by atoms with E-state index in [9.17, 15) is 8.78 Å². The highest BCUT2D eigenvalue weighted by Crippen LogP contribution is 2.26. The molecular weight excluding hydrogens is 339 g/mol. The van der Waals surface area contributed by atoms with Crippen molar-refractivity contribution in [3.63, 3.8) is 0 Å². The third-order valence-electron chi connectivity index (χ3n) is 2.20. The van der Waals surface area contributed by atoms with E-state index in [1.165, 1.54) is 18.5 Å². The second kappa shape index (κ2) is 4.91. The molecule has 88 valence electrons. The van der Waals surface area contributed by atoms with Gasteiger partial charge in [-0.3, -0.25) is 0 Å². The number of nitrogens with one attached hydrogen (secondary N) is 1. The second-order valence-electron chi connectivity index (χ2n) is 3.40. The van der Waals surface area contributed by atoms with Gasteiger partial charge in [0.1, 0.15) is 23.6 Å². The average molecular weight is 347 g/mol. The molecule has 0 aliphatic heterocycles. The van der Waals surface area contributed by atoms with E-state index in [1.54, 1.807) is 13.1 Å². The molecule has 1 aromatic heterocycles. The molecule has 0 amide bonds. The van der Waals surface area contributed by atoms with Gasteiger partial charge in [-0.1, -0.05) is 6.07 Å². The number of benzene rings is 1. The van der Waals surface area contributed by atoms with Gasteiger partial charge >= 0.3 is 0 Å². The maximum atomic E-state index is 13.7. The van der Waals surface area contributed by atoms with E-state index < -0.39 is 11.6 Å². The van der Waals surface area contributed by atoms with Gasteiger partial charge < -0.3 is 5.32 Å². The van der Waals surface area contributed by atoms with Crippen LogP contribution in [0.25, 0.3) is 0 Å². The van der Waals surface area contributed by atoms with E-state index in [0.29, 0.717) is 15.0 Å². The molecule has 0 aliphatic rings. The minimum absolute atomic E-state index is 0.193. The average Bonchev–Trinajstić information content (AvgIpc) is 2.32. The number of hydrogen-bond donors (Lipinski definition) is 1. The van der Waals surface area contributed by atoms with Crippen LogP contribution in [0.4, 0.5) is 20.3 Å². The van der Waals surface area contributed by atoms with Crippen molar-refractivity contribution in [3.8, 4) is 0 Å². The lowest BCUT2D eigenvalue weighted by molar-refractivity contribution is 0.584. The predicted octanol–water partition coefficient (Wildman–Crippen LogP) is 3.41. The summed E-state index contributed by atoms with van der Waals surface area (Å²) in [5, 5.41) is 2.64. The summed E-state index contributed by atoms with van der Waals surface area (Å²) >= 11 is 1.99. The first-order chi connectivity index (χ1) is 8.09. The van der Waals surface area contributed by atoms with Crippen LogP contribution < -0.4 is 5.32 Å². The molecule has 2 aromatic rings. The summed E-state index contributed by atoms with van der Waals surface area (Å²) in [5.74, 6) is -0.883. The van der Waals surface area contributed by atoms with Gasteiger partial charge in [-0.15, -0.1) is 0 Å². The molecule has 0 unspecified atom stereocenters. The Morgan fingerprint density at radius 3 is 2.76 bits per heavy atom. The van der Waals surface area contributed by atoms with Crippen LogP contribution in [-0.2, 0) is 0 Å². The van der Waals surface area contributed by atoms with Gasteiger partial charge in [0.15, 0.2) is 5.82 Å². The lowest BCUT2D eigenvalue weighted by atomic mass is 10.2. The zero-order valence-corrected chi connectivity index (χ0v) is 11.0. The number of hydrogen-bond acceptors (Lipinski definition) is 3. The van der Waals surface area contributed by atoms with Crippen molar-refractivity contribution in [2.75, 3.05) is 5.32 Å². The molecule has 6 heteroatoms. The van der Waals surface area contributed by atoms with Crippen LogP contribution >= 0.6 is 22.6 Å². The van der Waals surface area contributed by atoms with Crippen LogP contribution in [-0.4, -0.2) is 9.97 Å².